The molecular formula is C11H20F3N3. The third kappa shape index (κ3) is 2.30. The Bertz CT molecular complexity index is 266. The molecule has 0 aromatic heterocycles. The van der Waals surface area contributed by atoms with E-state index in [1.54, 1.807) is 0 Å². The maximum atomic E-state index is 13.0. The van der Waals surface area contributed by atoms with Crippen molar-refractivity contribution >= 4 is 0 Å². The van der Waals surface area contributed by atoms with Crippen molar-refractivity contribution in [2.75, 3.05) is 40.3 Å². The second-order valence-electron chi connectivity index (χ2n) is 5.24. The first kappa shape index (κ1) is 13.1. The molecule has 2 fully saturated rings. The Balaban J connectivity index is 1.92. The van der Waals surface area contributed by atoms with Crippen LogP contribution in [-0.2, 0) is 0 Å². The molecule has 0 aromatic rings. The molecule has 0 bridgehead atoms. The zero-order chi connectivity index (χ0) is 12.7. The van der Waals surface area contributed by atoms with Gasteiger partial charge in [-0.2, -0.15) is 13.2 Å². The first-order chi connectivity index (χ1) is 7.88. The highest BCUT2D eigenvalue weighted by Gasteiger charge is 2.55. The lowest BCUT2D eigenvalue weighted by Crippen LogP contribution is -2.65. The van der Waals surface area contributed by atoms with Crippen LogP contribution >= 0.6 is 0 Å². The smallest absolute Gasteiger partial charge is 0.307 e. The molecule has 2 aliphatic heterocycles. The summed E-state index contributed by atoms with van der Waals surface area (Å²) in [7, 11) is 3.45. The maximum absolute atomic E-state index is 13.0. The number of piperidine rings is 1. The largest absolute Gasteiger partial charge is 0.406 e. The Hall–Kier alpha value is -0.330. The van der Waals surface area contributed by atoms with Crippen LogP contribution in [0.1, 0.15) is 12.8 Å². The van der Waals surface area contributed by atoms with E-state index in [1.807, 2.05) is 7.05 Å². The summed E-state index contributed by atoms with van der Waals surface area (Å²) in [5.41, 5.74) is -1.67. The number of alkyl halides is 3. The summed E-state index contributed by atoms with van der Waals surface area (Å²) in [5, 5.41) is 2.50. The average molecular weight is 251 g/mol. The fraction of sp³-hybridized carbons (Fsp3) is 1.00. The Morgan fingerprint density at radius 2 is 1.71 bits per heavy atom. The van der Waals surface area contributed by atoms with Crippen molar-refractivity contribution in [2.45, 2.75) is 30.6 Å². The van der Waals surface area contributed by atoms with Crippen LogP contribution in [-0.4, -0.2) is 67.8 Å². The van der Waals surface area contributed by atoms with Gasteiger partial charge in [-0.15, -0.1) is 0 Å². The number of likely N-dealkylation sites (tertiary alicyclic amines) is 2. The number of nitrogens with one attached hydrogen (secondary N) is 1. The molecule has 0 spiro atoms. The topological polar surface area (TPSA) is 18.5 Å². The fourth-order valence-corrected chi connectivity index (χ4v) is 2.84. The Labute approximate surface area is 99.9 Å². The number of nitrogens with zero attached hydrogens (tertiary/aromatic N) is 2. The summed E-state index contributed by atoms with van der Waals surface area (Å²) in [6, 6.07) is 0.461. The quantitative estimate of drug-likeness (QED) is 0.787. The second-order valence-corrected chi connectivity index (χ2v) is 5.24. The number of halogens is 3. The number of hydrogen-bond donors (Lipinski definition) is 1. The molecule has 0 amide bonds. The van der Waals surface area contributed by atoms with E-state index in [-0.39, 0.29) is 12.8 Å². The standard InChI is InChI=1S/C11H20F3N3/c1-15-10(11(12,13)14)3-5-17(6-4-10)9-7-16(2)8-9/h9,15H,3-8H2,1-2H3. The van der Waals surface area contributed by atoms with Crippen LogP contribution in [0.5, 0.6) is 0 Å². The molecule has 0 atom stereocenters. The predicted molar refractivity (Wildman–Crippen MR) is 59.9 cm³/mol. The zero-order valence-corrected chi connectivity index (χ0v) is 10.3. The monoisotopic (exact) mass is 251 g/mol. The number of likely N-dealkylation sites (N-methyl/N-ethyl adjacent to an activating group) is 1. The van der Waals surface area contributed by atoms with E-state index in [9.17, 15) is 13.2 Å². The first-order valence-electron chi connectivity index (χ1n) is 6.06. The van der Waals surface area contributed by atoms with Gasteiger partial charge in [-0.3, -0.25) is 4.90 Å². The molecular weight excluding hydrogens is 231 g/mol. The molecule has 6 heteroatoms. The Morgan fingerprint density at radius 1 is 1.18 bits per heavy atom. The third-order valence-corrected chi connectivity index (χ3v) is 4.23. The molecule has 100 valence electrons. The van der Waals surface area contributed by atoms with Crippen molar-refractivity contribution < 1.29 is 13.2 Å². The van der Waals surface area contributed by atoms with E-state index in [0.29, 0.717) is 19.1 Å². The van der Waals surface area contributed by atoms with Crippen LogP contribution in [0.4, 0.5) is 13.2 Å². The summed E-state index contributed by atoms with van der Waals surface area (Å²) in [5.74, 6) is 0. The molecule has 0 aromatic carbocycles. The molecule has 3 nitrogen and oxygen atoms in total. The van der Waals surface area contributed by atoms with Crippen LogP contribution in [0.3, 0.4) is 0 Å². The number of rotatable bonds is 2. The van der Waals surface area contributed by atoms with Gasteiger partial charge >= 0.3 is 6.18 Å². The van der Waals surface area contributed by atoms with Crippen molar-refractivity contribution in [1.82, 2.24) is 15.1 Å². The molecule has 2 heterocycles. The molecule has 0 radical (unpaired) electrons. The average Bonchev–Trinajstić information content (AvgIpc) is 2.23. The summed E-state index contributed by atoms with van der Waals surface area (Å²) >= 11 is 0. The van der Waals surface area contributed by atoms with Gasteiger partial charge in [0.05, 0.1) is 0 Å². The van der Waals surface area contributed by atoms with Crippen LogP contribution in [0, 0.1) is 0 Å². The third-order valence-electron chi connectivity index (χ3n) is 4.23. The van der Waals surface area contributed by atoms with E-state index in [4.69, 9.17) is 0 Å². The highest BCUT2D eigenvalue weighted by molar-refractivity contribution is 5.00. The van der Waals surface area contributed by atoms with Gasteiger partial charge in [-0.05, 0) is 26.9 Å². The van der Waals surface area contributed by atoms with E-state index in [1.165, 1.54) is 7.05 Å². The molecule has 1 N–H and O–H groups in total. The lowest BCUT2D eigenvalue weighted by molar-refractivity contribution is -0.209. The molecule has 17 heavy (non-hydrogen) atoms. The normalized spacial score (nSPS) is 28.1. The van der Waals surface area contributed by atoms with Gasteiger partial charge in [0, 0.05) is 32.2 Å². The van der Waals surface area contributed by atoms with Gasteiger partial charge < -0.3 is 10.2 Å². The van der Waals surface area contributed by atoms with Crippen molar-refractivity contribution in [3.05, 3.63) is 0 Å². The second kappa shape index (κ2) is 4.40. The van der Waals surface area contributed by atoms with Crippen molar-refractivity contribution in [1.29, 1.82) is 0 Å². The molecule has 2 saturated heterocycles. The van der Waals surface area contributed by atoms with Crippen molar-refractivity contribution in [3.8, 4) is 0 Å². The van der Waals surface area contributed by atoms with Crippen LogP contribution in [0.2, 0.25) is 0 Å². The van der Waals surface area contributed by atoms with Gasteiger partial charge in [0.25, 0.3) is 0 Å². The minimum atomic E-state index is -4.15. The van der Waals surface area contributed by atoms with E-state index < -0.39 is 11.7 Å². The highest BCUT2D eigenvalue weighted by atomic mass is 19.4. The van der Waals surface area contributed by atoms with Gasteiger partial charge in [-0.1, -0.05) is 0 Å². The molecule has 0 unspecified atom stereocenters. The molecule has 2 rings (SSSR count). The zero-order valence-electron chi connectivity index (χ0n) is 10.3. The van der Waals surface area contributed by atoms with E-state index >= 15 is 0 Å². The van der Waals surface area contributed by atoms with Gasteiger partial charge in [0.15, 0.2) is 0 Å². The van der Waals surface area contributed by atoms with Crippen LogP contribution < -0.4 is 5.32 Å². The SMILES string of the molecule is CNC1(C(F)(F)F)CCN(C2CN(C)C2)CC1. The highest BCUT2D eigenvalue weighted by Crippen LogP contribution is 2.38. The summed E-state index contributed by atoms with van der Waals surface area (Å²) < 4.78 is 39.0. The molecule has 0 aliphatic carbocycles. The van der Waals surface area contributed by atoms with Gasteiger partial charge in [0.2, 0.25) is 0 Å². The van der Waals surface area contributed by atoms with Crippen LogP contribution in [0.25, 0.3) is 0 Å². The summed E-state index contributed by atoms with van der Waals surface area (Å²) in [6.45, 7) is 3.05. The first-order valence-corrected chi connectivity index (χ1v) is 6.06. The lowest BCUT2D eigenvalue weighted by atomic mass is 9.85. The summed E-state index contributed by atoms with van der Waals surface area (Å²) in [6.07, 6.45) is -3.83. The van der Waals surface area contributed by atoms with Crippen molar-refractivity contribution in [3.63, 3.8) is 0 Å². The van der Waals surface area contributed by atoms with Gasteiger partial charge in [0.1, 0.15) is 5.54 Å². The predicted octanol–water partition coefficient (Wildman–Crippen LogP) is 0.917. The maximum Gasteiger partial charge on any atom is 0.406 e. The van der Waals surface area contributed by atoms with Gasteiger partial charge in [-0.25, -0.2) is 0 Å². The Kier molecular flexibility index (Phi) is 3.40. The minimum Gasteiger partial charge on any atom is -0.307 e. The fourth-order valence-electron chi connectivity index (χ4n) is 2.84. The molecule has 0 saturated carbocycles. The van der Waals surface area contributed by atoms with Crippen molar-refractivity contribution in [2.24, 2.45) is 0 Å². The number of hydrogen-bond acceptors (Lipinski definition) is 3. The summed E-state index contributed by atoms with van der Waals surface area (Å²) in [4.78, 5) is 4.38. The van der Waals surface area contributed by atoms with Crippen LogP contribution in [0.15, 0.2) is 0 Å². The molecule has 2 aliphatic rings. The Morgan fingerprint density at radius 3 is 2.06 bits per heavy atom. The van der Waals surface area contributed by atoms with E-state index in [0.717, 1.165) is 13.1 Å². The van der Waals surface area contributed by atoms with E-state index in [2.05, 4.69) is 15.1 Å². The lowest BCUT2D eigenvalue weighted by Gasteiger charge is -2.49. The minimum absolute atomic E-state index is 0.160.